The van der Waals surface area contributed by atoms with Crippen LogP contribution in [-0.4, -0.2) is 50.1 Å². The highest BCUT2D eigenvalue weighted by atomic mass is 16.6. The van der Waals surface area contributed by atoms with E-state index in [-0.39, 0.29) is 0 Å². The van der Waals surface area contributed by atoms with Crippen LogP contribution in [0.15, 0.2) is 72.8 Å². The van der Waals surface area contributed by atoms with Gasteiger partial charge in [0.15, 0.2) is 6.04 Å². The number of rotatable bonds is 7. The Morgan fingerprint density at radius 2 is 1.19 bits per heavy atom. The first kappa shape index (κ1) is 31.7. The third kappa shape index (κ3) is 8.34. The van der Waals surface area contributed by atoms with E-state index in [2.05, 4.69) is 10.1 Å². The zero-order valence-corrected chi connectivity index (χ0v) is 24.5. The fraction of sp³-hybridized carbons (Fsp3) is 0.281. The highest BCUT2D eigenvalue weighted by molar-refractivity contribution is 5.88. The molecule has 0 bridgehead atoms. The van der Waals surface area contributed by atoms with Crippen LogP contribution in [0, 0.1) is 0 Å². The van der Waals surface area contributed by atoms with Crippen LogP contribution in [0.4, 0.5) is 4.79 Å². The van der Waals surface area contributed by atoms with Gasteiger partial charge in [-0.05, 0) is 89.8 Å². The van der Waals surface area contributed by atoms with Crippen molar-refractivity contribution in [1.29, 1.82) is 0 Å². The van der Waals surface area contributed by atoms with Gasteiger partial charge in [-0.25, -0.2) is 9.59 Å². The maximum atomic E-state index is 11.9. The monoisotopic (exact) mass is 576 g/mol. The van der Waals surface area contributed by atoms with Gasteiger partial charge in [-0.1, -0.05) is 36.4 Å². The molecule has 1 amide bonds. The predicted octanol–water partition coefficient (Wildman–Crippen LogP) is 5.52. The first-order valence-electron chi connectivity index (χ1n) is 13.1. The van der Waals surface area contributed by atoms with Gasteiger partial charge in [0.2, 0.25) is 0 Å². The molecule has 0 aliphatic heterocycles. The Hall–Kier alpha value is -4.83. The van der Waals surface area contributed by atoms with Crippen molar-refractivity contribution in [1.82, 2.24) is 5.32 Å². The number of benzene rings is 4. The van der Waals surface area contributed by atoms with E-state index >= 15 is 0 Å². The number of hydrogen-bond donors (Lipinski definition) is 3. The molecule has 222 valence electrons. The van der Waals surface area contributed by atoms with E-state index < -0.39 is 35.7 Å². The molecule has 4 rings (SSSR count). The Bertz CT molecular complexity index is 1580. The first-order chi connectivity index (χ1) is 19.8. The molecule has 4 aromatic rings. The molecule has 0 saturated carbocycles. The molecule has 10 nitrogen and oxygen atoms in total. The summed E-state index contributed by atoms with van der Waals surface area (Å²) in [5.74, 6) is -0.0824. The quantitative estimate of drug-likeness (QED) is 0.242. The van der Waals surface area contributed by atoms with Crippen molar-refractivity contribution in [3.63, 3.8) is 0 Å². The Morgan fingerprint density at radius 3 is 1.64 bits per heavy atom. The number of nitrogens with two attached hydrogens (primary N) is 1. The molecule has 10 heteroatoms. The molecule has 2 atom stereocenters. The lowest BCUT2D eigenvalue weighted by Gasteiger charge is -2.22. The van der Waals surface area contributed by atoms with Gasteiger partial charge in [-0.15, -0.1) is 0 Å². The van der Waals surface area contributed by atoms with Crippen LogP contribution >= 0.6 is 0 Å². The standard InChI is InChI=1S/C18H21NO5.C14H15NO3/c1-18(2,3)24-17(22)19-15(16(20)21)13-6-5-12-10-14(23-4)8-7-11(12)9-13;1-17-12-6-5-9-7-11(4-3-10(9)8-12)13(15)14(16)18-2/h5-10,15H,1-4H3,(H,19,22)(H,20,21);3-8,13H,15H2,1-2H3/t15-;13-/m00/s1. The third-order valence-corrected chi connectivity index (χ3v) is 6.20. The van der Waals surface area contributed by atoms with E-state index in [1.54, 1.807) is 59.3 Å². The third-order valence-electron chi connectivity index (χ3n) is 6.20. The van der Waals surface area contributed by atoms with Gasteiger partial charge >= 0.3 is 18.0 Å². The molecule has 0 aliphatic rings. The molecule has 42 heavy (non-hydrogen) atoms. The molecule has 0 unspecified atom stereocenters. The lowest BCUT2D eigenvalue weighted by atomic mass is 10.0. The average molecular weight is 577 g/mol. The number of ether oxygens (including phenoxy) is 4. The van der Waals surface area contributed by atoms with Gasteiger partial charge in [-0.2, -0.15) is 0 Å². The van der Waals surface area contributed by atoms with E-state index in [4.69, 9.17) is 19.9 Å². The van der Waals surface area contributed by atoms with Crippen molar-refractivity contribution in [3.8, 4) is 11.5 Å². The van der Waals surface area contributed by atoms with Gasteiger partial charge < -0.3 is 35.1 Å². The van der Waals surface area contributed by atoms with Crippen LogP contribution < -0.4 is 20.5 Å². The first-order valence-corrected chi connectivity index (χ1v) is 13.1. The van der Waals surface area contributed by atoms with Crippen molar-refractivity contribution >= 4 is 39.6 Å². The Balaban J connectivity index is 0.000000240. The number of amides is 1. The summed E-state index contributed by atoms with van der Waals surface area (Å²) in [6, 6.07) is 20.1. The van der Waals surface area contributed by atoms with Crippen LogP contribution in [0.3, 0.4) is 0 Å². The van der Waals surface area contributed by atoms with Crippen LogP contribution in [0.1, 0.15) is 44.0 Å². The van der Waals surface area contributed by atoms with Crippen molar-refractivity contribution < 1.29 is 38.4 Å². The van der Waals surface area contributed by atoms with Crippen molar-refractivity contribution in [3.05, 3.63) is 83.9 Å². The summed E-state index contributed by atoms with van der Waals surface area (Å²) in [4.78, 5) is 34.8. The van der Waals surface area contributed by atoms with Crippen LogP contribution in [0.5, 0.6) is 11.5 Å². The normalized spacial score (nSPS) is 12.4. The summed E-state index contributed by atoms with van der Waals surface area (Å²) in [5, 5.41) is 15.6. The lowest BCUT2D eigenvalue weighted by Crippen LogP contribution is -2.38. The lowest BCUT2D eigenvalue weighted by molar-refractivity contribution is -0.142. The zero-order valence-electron chi connectivity index (χ0n) is 24.5. The number of carboxylic acids is 1. The second-order valence-electron chi connectivity index (χ2n) is 10.4. The molecular weight excluding hydrogens is 540 g/mol. The minimum absolute atomic E-state index is 0.442. The molecule has 0 spiro atoms. The summed E-state index contributed by atoms with van der Waals surface area (Å²) in [5.41, 5.74) is 6.30. The number of carbonyl (C=O) groups excluding carboxylic acids is 2. The fourth-order valence-electron chi connectivity index (χ4n) is 4.09. The number of alkyl carbamates (subject to hydrolysis) is 1. The van der Waals surface area contributed by atoms with Gasteiger partial charge in [0.05, 0.1) is 21.3 Å². The highest BCUT2D eigenvalue weighted by Crippen LogP contribution is 2.26. The number of esters is 1. The number of nitrogens with one attached hydrogen (secondary N) is 1. The van der Waals surface area contributed by atoms with Gasteiger partial charge in [0, 0.05) is 0 Å². The smallest absolute Gasteiger partial charge is 0.408 e. The van der Waals surface area contributed by atoms with E-state index in [1.807, 2.05) is 48.5 Å². The van der Waals surface area contributed by atoms with Gasteiger partial charge in [-0.3, -0.25) is 4.79 Å². The molecule has 0 radical (unpaired) electrons. The highest BCUT2D eigenvalue weighted by Gasteiger charge is 2.25. The molecule has 0 heterocycles. The summed E-state index contributed by atoms with van der Waals surface area (Å²) < 4.78 is 20.1. The Morgan fingerprint density at radius 1 is 0.738 bits per heavy atom. The summed E-state index contributed by atoms with van der Waals surface area (Å²) in [6.45, 7) is 5.14. The molecule has 0 fully saturated rings. The number of methoxy groups -OCH3 is 3. The van der Waals surface area contributed by atoms with Crippen LogP contribution in [0.25, 0.3) is 21.5 Å². The van der Waals surface area contributed by atoms with Crippen molar-refractivity contribution in [2.24, 2.45) is 5.73 Å². The molecule has 0 aromatic heterocycles. The zero-order chi connectivity index (χ0) is 31.0. The second kappa shape index (κ2) is 13.7. The summed E-state index contributed by atoms with van der Waals surface area (Å²) in [7, 11) is 4.54. The Labute approximate surface area is 244 Å². The van der Waals surface area contributed by atoms with Crippen molar-refractivity contribution in [2.45, 2.75) is 38.5 Å². The molecular formula is C32H36N2O8. The molecule has 0 aliphatic carbocycles. The minimum atomic E-state index is -1.19. The van der Waals surface area contributed by atoms with E-state index in [1.165, 1.54) is 7.11 Å². The average Bonchev–Trinajstić information content (AvgIpc) is 2.97. The number of fused-ring (bicyclic) bond motifs is 2. The van der Waals surface area contributed by atoms with Gasteiger partial charge in [0.1, 0.15) is 23.1 Å². The minimum Gasteiger partial charge on any atom is -0.497 e. The SMILES string of the molecule is COC(=O)[C@@H](N)c1ccc2cc(OC)ccc2c1.COc1ccc2cc([C@H](NC(=O)OC(C)(C)C)C(=O)O)ccc2c1. The summed E-state index contributed by atoms with van der Waals surface area (Å²) >= 11 is 0. The van der Waals surface area contributed by atoms with E-state index in [9.17, 15) is 19.5 Å². The Kier molecular flexibility index (Phi) is 10.3. The maximum Gasteiger partial charge on any atom is 0.408 e. The summed E-state index contributed by atoms with van der Waals surface area (Å²) in [6.07, 6.45) is -0.773. The number of carbonyl (C=O) groups is 3. The van der Waals surface area contributed by atoms with Crippen LogP contribution in [-0.2, 0) is 19.1 Å². The predicted molar refractivity (Wildman–Crippen MR) is 160 cm³/mol. The number of carboxylic acid groups (broad SMARTS) is 1. The van der Waals surface area contributed by atoms with Crippen LogP contribution in [0.2, 0.25) is 0 Å². The molecule has 0 saturated heterocycles. The topological polar surface area (TPSA) is 146 Å². The van der Waals surface area contributed by atoms with E-state index in [0.717, 1.165) is 38.6 Å². The van der Waals surface area contributed by atoms with Gasteiger partial charge in [0.25, 0.3) is 0 Å². The largest absolute Gasteiger partial charge is 0.497 e. The molecule has 4 N–H and O–H groups in total. The number of hydrogen-bond acceptors (Lipinski definition) is 8. The van der Waals surface area contributed by atoms with Crippen molar-refractivity contribution in [2.75, 3.05) is 21.3 Å². The second-order valence-corrected chi connectivity index (χ2v) is 10.4. The van der Waals surface area contributed by atoms with E-state index in [0.29, 0.717) is 5.56 Å². The maximum absolute atomic E-state index is 11.9. The molecule has 4 aromatic carbocycles. The number of aliphatic carboxylic acids is 1. The fourth-order valence-corrected chi connectivity index (χ4v) is 4.09.